The van der Waals surface area contributed by atoms with E-state index in [1.807, 2.05) is 32.9 Å². The number of hydrogen-bond donors (Lipinski definition) is 0. The molecule has 0 aromatic carbocycles. The Labute approximate surface area is 76.0 Å². The third-order valence-electron chi connectivity index (χ3n) is 1.53. The minimum Gasteiger partial charge on any atom is -0.0998 e. The van der Waals surface area contributed by atoms with Crippen LogP contribution in [-0.2, 0) is 0 Å². The fourth-order valence-electron chi connectivity index (χ4n) is 0.890. The average Bonchev–Trinajstić information content (AvgIpc) is 1.96. The van der Waals surface area contributed by atoms with Gasteiger partial charge in [-0.1, -0.05) is 42.5 Å². The van der Waals surface area contributed by atoms with Crippen molar-refractivity contribution in [3.63, 3.8) is 0 Å². The SMILES string of the molecule is C=C(C)C/C(=C/C=C\C)C(=C)C. The molecule has 0 radical (unpaired) electrons. The molecule has 0 saturated heterocycles. The molecule has 0 unspecified atom stereocenters. The molecule has 0 N–H and O–H groups in total. The van der Waals surface area contributed by atoms with E-state index in [0.29, 0.717) is 0 Å². The van der Waals surface area contributed by atoms with Gasteiger partial charge in [0.05, 0.1) is 0 Å². The van der Waals surface area contributed by atoms with Crippen molar-refractivity contribution < 1.29 is 0 Å². The Morgan fingerprint density at radius 2 is 1.83 bits per heavy atom. The minimum absolute atomic E-state index is 0.930. The third kappa shape index (κ3) is 4.73. The monoisotopic (exact) mass is 162 g/mol. The van der Waals surface area contributed by atoms with E-state index < -0.39 is 0 Å². The van der Waals surface area contributed by atoms with Crippen LogP contribution in [0.2, 0.25) is 0 Å². The lowest BCUT2D eigenvalue weighted by molar-refractivity contribution is 1.12. The van der Waals surface area contributed by atoms with Crippen LogP contribution in [0, 0.1) is 0 Å². The van der Waals surface area contributed by atoms with Crippen LogP contribution in [0.4, 0.5) is 0 Å². The Balaban J connectivity index is 4.43. The van der Waals surface area contributed by atoms with E-state index in [1.54, 1.807) is 0 Å². The predicted molar refractivity (Wildman–Crippen MR) is 57.1 cm³/mol. The fraction of sp³-hybridized carbons (Fsp3) is 0.333. The Hall–Kier alpha value is -1.04. The molecular weight excluding hydrogens is 144 g/mol. The molecule has 0 nitrogen and oxygen atoms in total. The second-order valence-electron chi connectivity index (χ2n) is 3.13. The van der Waals surface area contributed by atoms with Gasteiger partial charge in [0, 0.05) is 0 Å². The van der Waals surface area contributed by atoms with Gasteiger partial charge in [0.15, 0.2) is 0 Å². The van der Waals surface area contributed by atoms with Gasteiger partial charge in [0.25, 0.3) is 0 Å². The topological polar surface area (TPSA) is 0 Å². The average molecular weight is 162 g/mol. The van der Waals surface area contributed by atoms with Crippen molar-refractivity contribution in [3.05, 3.63) is 48.1 Å². The summed E-state index contributed by atoms with van der Waals surface area (Å²) in [6.07, 6.45) is 7.07. The molecule has 12 heavy (non-hydrogen) atoms. The van der Waals surface area contributed by atoms with Gasteiger partial charge in [0.1, 0.15) is 0 Å². The van der Waals surface area contributed by atoms with E-state index >= 15 is 0 Å². The highest BCUT2D eigenvalue weighted by Crippen LogP contribution is 2.16. The summed E-state index contributed by atoms with van der Waals surface area (Å²) in [6.45, 7) is 13.9. The summed E-state index contributed by atoms with van der Waals surface area (Å²) in [6, 6.07) is 0. The van der Waals surface area contributed by atoms with Crippen molar-refractivity contribution in [3.8, 4) is 0 Å². The summed E-state index contributed by atoms with van der Waals surface area (Å²) in [5.74, 6) is 0. The fourth-order valence-corrected chi connectivity index (χ4v) is 0.890. The normalized spacial score (nSPS) is 12.1. The largest absolute Gasteiger partial charge is 0.0998 e. The zero-order valence-corrected chi connectivity index (χ0v) is 8.35. The molecular formula is C12H18. The van der Waals surface area contributed by atoms with Crippen LogP contribution in [0.15, 0.2) is 48.1 Å². The van der Waals surface area contributed by atoms with E-state index in [4.69, 9.17) is 0 Å². The predicted octanol–water partition coefficient (Wildman–Crippen LogP) is 4.03. The van der Waals surface area contributed by atoms with Gasteiger partial charge in [-0.05, 0) is 32.8 Å². The molecule has 0 rings (SSSR count). The highest BCUT2D eigenvalue weighted by molar-refractivity contribution is 5.32. The Bertz CT molecular complexity index is 226. The first-order valence-corrected chi connectivity index (χ1v) is 4.20. The van der Waals surface area contributed by atoms with Gasteiger partial charge in [-0.15, -0.1) is 0 Å². The standard InChI is InChI=1S/C12H18/c1-6-7-8-12(11(4)5)9-10(2)3/h6-8H,2,4,9H2,1,3,5H3/b7-6-,12-8-. The smallest absolute Gasteiger partial charge is 0.00702 e. The Kier molecular flexibility index (Phi) is 5.11. The number of rotatable bonds is 4. The summed E-state index contributed by atoms with van der Waals surface area (Å²) in [7, 11) is 0. The maximum atomic E-state index is 3.92. The number of allylic oxidation sites excluding steroid dienone is 6. The van der Waals surface area contributed by atoms with E-state index in [0.717, 1.165) is 12.0 Å². The molecule has 0 spiro atoms. The molecule has 0 heterocycles. The maximum Gasteiger partial charge on any atom is -0.00702 e. The van der Waals surface area contributed by atoms with Crippen LogP contribution in [0.1, 0.15) is 27.2 Å². The van der Waals surface area contributed by atoms with Gasteiger partial charge in [0.2, 0.25) is 0 Å². The first-order valence-electron chi connectivity index (χ1n) is 4.20. The van der Waals surface area contributed by atoms with Gasteiger partial charge in [-0.25, -0.2) is 0 Å². The van der Waals surface area contributed by atoms with E-state index in [-0.39, 0.29) is 0 Å². The first-order chi connectivity index (χ1) is 5.57. The molecule has 0 saturated carbocycles. The molecule has 0 aromatic rings. The highest BCUT2D eigenvalue weighted by atomic mass is 14.0. The third-order valence-corrected chi connectivity index (χ3v) is 1.53. The quantitative estimate of drug-likeness (QED) is 0.432. The molecule has 66 valence electrons. The van der Waals surface area contributed by atoms with E-state index in [2.05, 4.69) is 19.2 Å². The van der Waals surface area contributed by atoms with E-state index in [9.17, 15) is 0 Å². The van der Waals surface area contributed by atoms with Crippen LogP contribution in [0.25, 0.3) is 0 Å². The molecule has 0 aliphatic rings. The Morgan fingerprint density at radius 3 is 2.17 bits per heavy atom. The molecule has 0 fully saturated rings. The van der Waals surface area contributed by atoms with Crippen molar-refractivity contribution in [2.24, 2.45) is 0 Å². The summed E-state index contributed by atoms with van der Waals surface area (Å²) in [5, 5.41) is 0. The van der Waals surface area contributed by atoms with Crippen LogP contribution < -0.4 is 0 Å². The maximum absolute atomic E-state index is 3.92. The summed E-state index contributed by atoms with van der Waals surface area (Å²) in [5.41, 5.74) is 3.56. The molecule has 0 bridgehead atoms. The molecule has 0 heteroatoms. The lowest BCUT2D eigenvalue weighted by Crippen LogP contribution is -1.84. The van der Waals surface area contributed by atoms with Crippen LogP contribution in [-0.4, -0.2) is 0 Å². The van der Waals surface area contributed by atoms with Crippen LogP contribution in [0.3, 0.4) is 0 Å². The summed E-state index contributed by atoms with van der Waals surface area (Å²) < 4.78 is 0. The summed E-state index contributed by atoms with van der Waals surface area (Å²) in [4.78, 5) is 0. The molecule has 0 atom stereocenters. The molecule has 0 aliphatic heterocycles. The lowest BCUT2D eigenvalue weighted by Gasteiger charge is -2.04. The second kappa shape index (κ2) is 5.59. The summed E-state index contributed by atoms with van der Waals surface area (Å²) >= 11 is 0. The van der Waals surface area contributed by atoms with Crippen molar-refractivity contribution in [2.75, 3.05) is 0 Å². The first kappa shape index (κ1) is 11.0. The van der Waals surface area contributed by atoms with E-state index in [1.165, 1.54) is 11.1 Å². The second-order valence-corrected chi connectivity index (χ2v) is 3.13. The minimum atomic E-state index is 0.930. The van der Waals surface area contributed by atoms with Crippen molar-refractivity contribution in [1.82, 2.24) is 0 Å². The van der Waals surface area contributed by atoms with Gasteiger partial charge in [-0.3, -0.25) is 0 Å². The Morgan fingerprint density at radius 1 is 1.25 bits per heavy atom. The number of hydrogen-bond acceptors (Lipinski definition) is 0. The lowest BCUT2D eigenvalue weighted by atomic mass is 10.0. The van der Waals surface area contributed by atoms with Crippen molar-refractivity contribution >= 4 is 0 Å². The molecule has 0 aliphatic carbocycles. The zero-order valence-electron chi connectivity index (χ0n) is 8.35. The van der Waals surface area contributed by atoms with Gasteiger partial charge in [-0.2, -0.15) is 0 Å². The van der Waals surface area contributed by atoms with Crippen molar-refractivity contribution in [1.29, 1.82) is 0 Å². The van der Waals surface area contributed by atoms with Crippen molar-refractivity contribution in [2.45, 2.75) is 27.2 Å². The van der Waals surface area contributed by atoms with Crippen LogP contribution in [0.5, 0.6) is 0 Å². The van der Waals surface area contributed by atoms with Gasteiger partial charge >= 0.3 is 0 Å². The molecule has 0 amide bonds. The molecule has 0 aromatic heterocycles. The highest BCUT2D eigenvalue weighted by Gasteiger charge is 1.96. The van der Waals surface area contributed by atoms with Crippen LogP contribution >= 0.6 is 0 Å². The van der Waals surface area contributed by atoms with Gasteiger partial charge < -0.3 is 0 Å². The zero-order chi connectivity index (χ0) is 9.56.